The third kappa shape index (κ3) is 25.8. The van der Waals surface area contributed by atoms with E-state index in [4.69, 9.17) is 9.47 Å². The largest absolute Gasteiger partial charge is 0.379 e. The lowest BCUT2D eigenvalue weighted by atomic mass is 10.3. The minimum absolute atomic E-state index is 0.0943. The molecule has 0 aromatic carbocycles. The molecule has 0 rings (SSSR count). The van der Waals surface area contributed by atoms with Gasteiger partial charge in [-0.25, -0.2) is 0 Å². The van der Waals surface area contributed by atoms with Crippen LogP contribution in [0.3, 0.4) is 0 Å². The van der Waals surface area contributed by atoms with Gasteiger partial charge in [0.25, 0.3) is 0 Å². The number of carbonyl (C=O) groups excluding carboxylic acids is 2. The molecule has 0 spiro atoms. The van der Waals surface area contributed by atoms with E-state index in [1.165, 1.54) is 0 Å². The Balaban J connectivity index is -0.00000102. The van der Waals surface area contributed by atoms with Gasteiger partial charge in [0.1, 0.15) is 0 Å². The minimum Gasteiger partial charge on any atom is -0.379 e. The first kappa shape index (κ1) is 27.7. The second-order valence-electron chi connectivity index (χ2n) is 4.38. The van der Waals surface area contributed by atoms with Gasteiger partial charge in [-0.1, -0.05) is 41.0 Å². The fourth-order valence-electron chi connectivity index (χ4n) is 1.43. The van der Waals surface area contributed by atoms with Crippen molar-refractivity contribution in [3.63, 3.8) is 0 Å². The van der Waals surface area contributed by atoms with E-state index in [0.29, 0.717) is 32.9 Å². The lowest BCUT2D eigenvalue weighted by Gasteiger charge is -2.07. The predicted molar refractivity (Wildman–Crippen MR) is 100 cm³/mol. The second kappa shape index (κ2) is 26.7. The zero-order chi connectivity index (χ0) is 19.1. The molecule has 0 atom stereocenters. The SMILES string of the molecule is CC.CC.CCCCOCCOCCNC(=O)CCC(=O)NCC. The van der Waals surface area contributed by atoms with Crippen molar-refractivity contribution in [3.05, 3.63) is 0 Å². The van der Waals surface area contributed by atoms with Crippen LogP contribution in [0.5, 0.6) is 0 Å². The molecule has 6 nitrogen and oxygen atoms in total. The summed E-state index contributed by atoms with van der Waals surface area (Å²) in [6, 6.07) is 0. The Morgan fingerprint density at radius 1 is 0.750 bits per heavy atom. The molecule has 0 aliphatic rings. The van der Waals surface area contributed by atoms with Crippen molar-refractivity contribution >= 4 is 11.8 Å². The van der Waals surface area contributed by atoms with E-state index in [0.717, 1.165) is 19.4 Å². The summed E-state index contributed by atoms with van der Waals surface area (Å²) in [5.41, 5.74) is 0. The Kier molecular flexibility index (Phi) is 30.9. The van der Waals surface area contributed by atoms with Crippen molar-refractivity contribution < 1.29 is 19.1 Å². The predicted octanol–water partition coefficient (Wildman–Crippen LogP) is 2.90. The van der Waals surface area contributed by atoms with Gasteiger partial charge >= 0.3 is 0 Å². The van der Waals surface area contributed by atoms with Gasteiger partial charge in [0.05, 0.1) is 19.8 Å². The Hall–Kier alpha value is -1.14. The van der Waals surface area contributed by atoms with Crippen LogP contribution in [0.4, 0.5) is 0 Å². The molecule has 0 saturated carbocycles. The van der Waals surface area contributed by atoms with Crippen molar-refractivity contribution in [2.75, 3.05) is 39.5 Å². The third-order valence-electron chi connectivity index (χ3n) is 2.54. The molecule has 0 radical (unpaired) electrons. The van der Waals surface area contributed by atoms with Gasteiger partial charge in [0.2, 0.25) is 11.8 Å². The van der Waals surface area contributed by atoms with E-state index in [9.17, 15) is 9.59 Å². The number of hydrogen-bond acceptors (Lipinski definition) is 4. The van der Waals surface area contributed by atoms with Crippen molar-refractivity contribution in [1.82, 2.24) is 10.6 Å². The molecule has 0 saturated heterocycles. The molecule has 146 valence electrons. The van der Waals surface area contributed by atoms with Gasteiger partial charge < -0.3 is 20.1 Å². The number of amides is 2. The Morgan fingerprint density at radius 2 is 1.25 bits per heavy atom. The average molecular weight is 349 g/mol. The molecule has 0 fully saturated rings. The number of rotatable bonds is 13. The number of unbranched alkanes of at least 4 members (excludes halogenated alkanes) is 1. The van der Waals surface area contributed by atoms with Crippen molar-refractivity contribution in [2.24, 2.45) is 0 Å². The second-order valence-corrected chi connectivity index (χ2v) is 4.38. The van der Waals surface area contributed by atoms with Gasteiger partial charge in [0.15, 0.2) is 0 Å². The van der Waals surface area contributed by atoms with Gasteiger partial charge in [-0.05, 0) is 13.3 Å². The van der Waals surface area contributed by atoms with E-state index in [2.05, 4.69) is 17.6 Å². The standard InChI is InChI=1S/C14H28N2O4.2C2H6/c1-3-5-9-19-11-12-20-10-8-16-14(18)7-6-13(17)15-4-2;2*1-2/h3-12H2,1-2H3,(H,15,17)(H,16,18);2*1-2H3. The summed E-state index contributed by atoms with van der Waals surface area (Å²) in [6.07, 6.45) is 2.64. The molecule has 0 aliphatic heterocycles. The van der Waals surface area contributed by atoms with Crippen LogP contribution < -0.4 is 10.6 Å². The lowest BCUT2D eigenvalue weighted by molar-refractivity contribution is -0.126. The maximum absolute atomic E-state index is 11.4. The van der Waals surface area contributed by atoms with Crippen LogP contribution in [0.1, 0.15) is 67.2 Å². The van der Waals surface area contributed by atoms with Crippen LogP contribution in [0.2, 0.25) is 0 Å². The highest BCUT2D eigenvalue weighted by atomic mass is 16.5. The summed E-state index contributed by atoms with van der Waals surface area (Å²) in [5.74, 6) is -0.220. The first-order chi connectivity index (χ1) is 11.7. The lowest BCUT2D eigenvalue weighted by Crippen LogP contribution is -2.30. The smallest absolute Gasteiger partial charge is 0.220 e. The molecule has 24 heavy (non-hydrogen) atoms. The van der Waals surface area contributed by atoms with Crippen LogP contribution in [0.25, 0.3) is 0 Å². The normalized spacial score (nSPS) is 9.08. The van der Waals surface area contributed by atoms with Crippen LogP contribution >= 0.6 is 0 Å². The average Bonchev–Trinajstić information content (AvgIpc) is 2.62. The molecule has 0 aliphatic carbocycles. The molecule has 2 N–H and O–H groups in total. The van der Waals surface area contributed by atoms with Gasteiger partial charge in [-0.15, -0.1) is 0 Å². The molecule has 0 aromatic rings. The van der Waals surface area contributed by atoms with E-state index in [1.54, 1.807) is 0 Å². The zero-order valence-electron chi connectivity index (χ0n) is 16.7. The van der Waals surface area contributed by atoms with Crippen LogP contribution in [-0.2, 0) is 19.1 Å². The first-order valence-corrected chi connectivity index (χ1v) is 9.39. The molecule has 0 aromatic heterocycles. The minimum atomic E-state index is -0.126. The summed E-state index contributed by atoms with van der Waals surface area (Å²) >= 11 is 0. The van der Waals surface area contributed by atoms with Crippen molar-refractivity contribution in [2.45, 2.75) is 67.2 Å². The summed E-state index contributed by atoms with van der Waals surface area (Å²) in [6.45, 7) is 15.4. The van der Waals surface area contributed by atoms with Crippen molar-refractivity contribution in [3.8, 4) is 0 Å². The van der Waals surface area contributed by atoms with Gasteiger partial charge in [-0.2, -0.15) is 0 Å². The van der Waals surface area contributed by atoms with E-state index in [-0.39, 0.29) is 24.7 Å². The molecule has 2 amide bonds. The van der Waals surface area contributed by atoms with Crippen LogP contribution in [-0.4, -0.2) is 51.3 Å². The van der Waals surface area contributed by atoms with Crippen LogP contribution in [0, 0.1) is 0 Å². The number of ether oxygens (including phenoxy) is 2. The highest BCUT2D eigenvalue weighted by molar-refractivity contribution is 5.83. The summed E-state index contributed by atoms with van der Waals surface area (Å²) < 4.78 is 10.6. The number of nitrogens with one attached hydrogen (secondary N) is 2. The fourth-order valence-corrected chi connectivity index (χ4v) is 1.43. The highest BCUT2D eigenvalue weighted by Gasteiger charge is 2.05. The Bertz CT molecular complexity index is 261. The van der Waals surface area contributed by atoms with Gasteiger partial charge in [-0.3, -0.25) is 9.59 Å². The van der Waals surface area contributed by atoms with Crippen molar-refractivity contribution in [1.29, 1.82) is 0 Å². The molecule has 6 heteroatoms. The number of carbonyl (C=O) groups is 2. The van der Waals surface area contributed by atoms with E-state index in [1.807, 2.05) is 34.6 Å². The topological polar surface area (TPSA) is 76.7 Å². The fraction of sp³-hybridized carbons (Fsp3) is 0.889. The first-order valence-electron chi connectivity index (χ1n) is 9.39. The van der Waals surface area contributed by atoms with Crippen LogP contribution in [0.15, 0.2) is 0 Å². The molecular weight excluding hydrogens is 308 g/mol. The zero-order valence-corrected chi connectivity index (χ0v) is 16.7. The maximum atomic E-state index is 11.4. The van der Waals surface area contributed by atoms with E-state index < -0.39 is 0 Å². The summed E-state index contributed by atoms with van der Waals surface area (Å²) in [4.78, 5) is 22.5. The van der Waals surface area contributed by atoms with Gasteiger partial charge in [0, 0.05) is 32.5 Å². The molecule has 0 bridgehead atoms. The van der Waals surface area contributed by atoms with E-state index >= 15 is 0 Å². The summed E-state index contributed by atoms with van der Waals surface area (Å²) in [5, 5.41) is 5.35. The Morgan fingerprint density at radius 3 is 1.75 bits per heavy atom. The molecular formula is C18H40N2O4. The maximum Gasteiger partial charge on any atom is 0.220 e. The monoisotopic (exact) mass is 348 g/mol. The summed E-state index contributed by atoms with van der Waals surface area (Å²) in [7, 11) is 0. The third-order valence-corrected chi connectivity index (χ3v) is 2.54. The molecule has 0 unspecified atom stereocenters. The number of hydrogen-bond donors (Lipinski definition) is 2. The Labute approximate surface area is 149 Å². The molecule has 0 heterocycles. The highest BCUT2D eigenvalue weighted by Crippen LogP contribution is 1.89. The quantitative estimate of drug-likeness (QED) is 0.502.